The number of amidine groups is 1. The minimum Gasteiger partial charge on any atom is -0.268 e. The van der Waals surface area contributed by atoms with Crippen molar-refractivity contribution < 1.29 is 4.79 Å². The van der Waals surface area contributed by atoms with Crippen molar-refractivity contribution in [2.24, 2.45) is 4.99 Å². The van der Waals surface area contributed by atoms with Gasteiger partial charge in [0.05, 0.1) is 16.3 Å². The van der Waals surface area contributed by atoms with Crippen molar-refractivity contribution in [3.05, 3.63) is 101 Å². The molecule has 1 fully saturated rings. The fourth-order valence-corrected chi connectivity index (χ4v) is 3.97. The molecule has 28 heavy (non-hydrogen) atoms. The van der Waals surface area contributed by atoms with E-state index in [0.717, 1.165) is 23.4 Å². The summed E-state index contributed by atoms with van der Waals surface area (Å²) in [4.78, 5) is 20.3. The lowest BCUT2D eigenvalue weighted by Crippen LogP contribution is -2.28. The molecule has 3 nitrogen and oxygen atoms in total. The van der Waals surface area contributed by atoms with Crippen molar-refractivity contribution in [3.8, 4) is 0 Å². The van der Waals surface area contributed by atoms with Crippen LogP contribution in [0.15, 0.2) is 94.8 Å². The van der Waals surface area contributed by atoms with Crippen LogP contribution in [0.4, 0.5) is 11.4 Å². The zero-order chi connectivity index (χ0) is 19.3. The van der Waals surface area contributed by atoms with Gasteiger partial charge in [0.1, 0.15) is 0 Å². The Bertz CT molecular complexity index is 1030. The van der Waals surface area contributed by atoms with Gasteiger partial charge in [0.15, 0.2) is 5.17 Å². The lowest BCUT2D eigenvalue weighted by molar-refractivity contribution is -0.113. The second kappa shape index (κ2) is 8.28. The predicted molar refractivity (Wildman–Crippen MR) is 119 cm³/mol. The molecule has 1 amide bonds. The van der Waals surface area contributed by atoms with Crippen molar-refractivity contribution in [2.75, 3.05) is 4.90 Å². The summed E-state index contributed by atoms with van der Waals surface area (Å²) in [7, 11) is 0. The second-order valence-electron chi connectivity index (χ2n) is 6.41. The number of aryl methyl sites for hydroxylation is 1. The first-order valence-corrected chi connectivity index (χ1v) is 10.1. The highest BCUT2D eigenvalue weighted by molar-refractivity contribution is 8.19. The zero-order valence-corrected chi connectivity index (χ0v) is 16.4. The largest absolute Gasteiger partial charge is 0.271 e. The number of amides is 1. The van der Waals surface area contributed by atoms with Crippen molar-refractivity contribution in [1.29, 1.82) is 0 Å². The summed E-state index contributed by atoms with van der Waals surface area (Å²) in [6, 6.07) is 27.7. The average Bonchev–Trinajstić information content (AvgIpc) is 3.04. The Morgan fingerprint density at radius 2 is 1.54 bits per heavy atom. The molecule has 0 saturated carbocycles. The Labute approximate surface area is 169 Å². The van der Waals surface area contributed by atoms with E-state index in [4.69, 9.17) is 4.99 Å². The van der Waals surface area contributed by atoms with Gasteiger partial charge in [-0.15, -0.1) is 0 Å². The van der Waals surface area contributed by atoms with Crippen LogP contribution >= 0.6 is 11.8 Å². The summed E-state index contributed by atoms with van der Waals surface area (Å²) in [5.41, 5.74) is 3.94. The maximum Gasteiger partial charge on any atom is 0.271 e. The van der Waals surface area contributed by atoms with Crippen LogP contribution in [-0.2, 0) is 11.2 Å². The average molecular weight is 385 g/mol. The number of hydrogen-bond acceptors (Lipinski definition) is 3. The quantitative estimate of drug-likeness (QED) is 0.512. The number of carbonyl (C=O) groups is 1. The van der Waals surface area contributed by atoms with E-state index in [-0.39, 0.29) is 5.91 Å². The summed E-state index contributed by atoms with van der Waals surface area (Å²) in [5.74, 6) is -0.0505. The summed E-state index contributed by atoms with van der Waals surface area (Å²) >= 11 is 1.41. The van der Waals surface area contributed by atoms with Crippen molar-refractivity contribution >= 4 is 40.3 Å². The number of thioether (sulfide) groups is 1. The molecule has 0 spiro atoms. The van der Waals surface area contributed by atoms with E-state index in [9.17, 15) is 4.79 Å². The van der Waals surface area contributed by atoms with Gasteiger partial charge in [0, 0.05) is 0 Å². The number of hydrogen-bond donors (Lipinski definition) is 0. The molecular formula is C24H20N2OS. The first-order chi connectivity index (χ1) is 13.7. The Morgan fingerprint density at radius 3 is 2.18 bits per heavy atom. The van der Waals surface area contributed by atoms with Crippen LogP contribution in [0.1, 0.15) is 18.1 Å². The van der Waals surface area contributed by atoms with Gasteiger partial charge in [-0.3, -0.25) is 9.69 Å². The number of aliphatic imine (C=N–C) groups is 1. The van der Waals surface area contributed by atoms with Crippen molar-refractivity contribution in [1.82, 2.24) is 0 Å². The molecule has 0 unspecified atom stereocenters. The number of rotatable bonds is 4. The van der Waals surface area contributed by atoms with Crippen LogP contribution in [0.25, 0.3) is 6.08 Å². The minimum atomic E-state index is -0.0505. The zero-order valence-electron chi connectivity index (χ0n) is 15.6. The number of benzene rings is 3. The van der Waals surface area contributed by atoms with Gasteiger partial charge in [0.2, 0.25) is 0 Å². The second-order valence-corrected chi connectivity index (χ2v) is 7.42. The highest BCUT2D eigenvalue weighted by Gasteiger charge is 2.34. The van der Waals surface area contributed by atoms with Crippen LogP contribution in [0.3, 0.4) is 0 Å². The molecule has 4 heteroatoms. The van der Waals surface area contributed by atoms with Gasteiger partial charge in [-0.2, -0.15) is 0 Å². The van der Waals surface area contributed by atoms with Crippen LogP contribution in [-0.4, -0.2) is 11.1 Å². The molecule has 0 bridgehead atoms. The van der Waals surface area contributed by atoms with E-state index in [2.05, 4.69) is 31.2 Å². The van der Waals surface area contributed by atoms with Crippen molar-refractivity contribution in [2.45, 2.75) is 13.3 Å². The molecule has 0 aromatic heterocycles. The lowest BCUT2D eigenvalue weighted by Gasteiger charge is -2.15. The first kappa shape index (κ1) is 18.3. The highest BCUT2D eigenvalue weighted by atomic mass is 32.2. The molecule has 0 N–H and O–H groups in total. The van der Waals surface area contributed by atoms with Gasteiger partial charge < -0.3 is 0 Å². The maximum absolute atomic E-state index is 13.2. The lowest BCUT2D eigenvalue weighted by atomic mass is 10.1. The third kappa shape index (κ3) is 3.92. The number of carbonyl (C=O) groups excluding carboxylic acids is 1. The van der Waals surface area contributed by atoms with E-state index < -0.39 is 0 Å². The SMILES string of the molecule is CCc1ccc(/C=C2\SC(=Nc3ccccc3)N(c3ccccc3)C2=O)cc1. The molecule has 3 aromatic rings. The van der Waals surface area contributed by atoms with Crippen LogP contribution in [0.5, 0.6) is 0 Å². The topological polar surface area (TPSA) is 32.7 Å². The fourth-order valence-electron chi connectivity index (χ4n) is 2.97. The Hall–Kier alpha value is -3.11. The summed E-state index contributed by atoms with van der Waals surface area (Å²) < 4.78 is 0. The number of anilines is 1. The van der Waals surface area contributed by atoms with Crippen LogP contribution < -0.4 is 4.90 Å². The standard InChI is InChI=1S/C24H20N2OS/c1-2-18-13-15-19(16-14-18)17-22-23(27)26(21-11-7-4-8-12-21)24(28-22)25-20-9-5-3-6-10-20/h3-17H,2H2,1H3/b22-17-,25-24?. The molecule has 138 valence electrons. The van der Waals surface area contributed by atoms with Gasteiger partial charge in [-0.25, -0.2) is 4.99 Å². The summed E-state index contributed by atoms with van der Waals surface area (Å²) in [6.07, 6.45) is 2.94. The summed E-state index contributed by atoms with van der Waals surface area (Å²) in [6.45, 7) is 2.13. The Morgan fingerprint density at radius 1 is 0.893 bits per heavy atom. The van der Waals surface area contributed by atoms with Crippen LogP contribution in [0.2, 0.25) is 0 Å². The van der Waals surface area contributed by atoms with E-state index in [1.54, 1.807) is 4.90 Å². The van der Waals surface area contributed by atoms with Gasteiger partial charge in [0.25, 0.3) is 5.91 Å². The number of nitrogens with zero attached hydrogens (tertiary/aromatic N) is 2. The number of para-hydroxylation sites is 2. The summed E-state index contributed by atoms with van der Waals surface area (Å²) in [5, 5.41) is 0.666. The Kier molecular flexibility index (Phi) is 5.40. The molecule has 0 aliphatic carbocycles. The van der Waals surface area contributed by atoms with E-state index >= 15 is 0 Å². The molecular weight excluding hydrogens is 364 g/mol. The Balaban J connectivity index is 1.73. The third-order valence-corrected chi connectivity index (χ3v) is 5.46. The first-order valence-electron chi connectivity index (χ1n) is 9.26. The van der Waals surface area contributed by atoms with E-state index in [0.29, 0.717) is 10.1 Å². The molecule has 3 aromatic carbocycles. The van der Waals surface area contributed by atoms with Gasteiger partial charge in [-0.1, -0.05) is 67.6 Å². The van der Waals surface area contributed by atoms with Crippen LogP contribution in [0, 0.1) is 0 Å². The van der Waals surface area contributed by atoms with Gasteiger partial charge >= 0.3 is 0 Å². The van der Waals surface area contributed by atoms with E-state index in [1.807, 2.05) is 66.7 Å². The molecule has 1 heterocycles. The smallest absolute Gasteiger partial charge is 0.268 e. The molecule has 0 atom stereocenters. The minimum absolute atomic E-state index is 0.0505. The normalized spacial score (nSPS) is 16.9. The molecule has 4 rings (SSSR count). The van der Waals surface area contributed by atoms with E-state index in [1.165, 1.54) is 17.3 Å². The molecule has 0 radical (unpaired) electrons. The molecule has 1 aliphatic rings. The monoisotopic (exact) mass is 384 g/mol. The fraction of sp³-hybridized carbons (Fsp3) is 0.0833. The third-order valence-electron chi connectivity index (χ3n) is 4.49. The highest BCUT2D eigenvalue weighted by Crippen LogP contribution is 2.37. The molecule has 1 saturated heterocycles. The molecule has 1 aliphatic heterocycles. The van der Waals surface area contributed by atoms with Crippen molar-refractivity contribution in [3.63, 3.8) is 0 Å². The van der Waals surface area contributed by atoms with Gasteiger partial charge in [-0.05, 0) is 59.7 Å². The maximum atomic E-state index is 13.2. The predicted octanol–water partition coefficient (Wildman–Crippen LogP) is 6.06.